The molecule has 0 radical (unpaired) electrons. The van der Waals surface area contributed by atoms with Gasteiger partial charge in [-0.1, -0.05) is 11.8 Å². The summed E-state index contributed by atoms with van der Waals surface area (Å²) < 4.78 is 4.57. The van der Waals surface area contributed by atoms with Gasteiger partial charge in [-0.05, 0) is 6.07 Å². The molecule has 6 heteroatoms. The van der Waals surface area contributed by atoms with Gasteiger partial charge in [-0.25, -0.2) is 4.79 Å². The van der Waals surface area contributed by atoms with Gasteiger partial charge >= 0.3 is 5.97 Å². The average molecular weight is 265 g/mol. The van der Waals surface area contributed by atoms with Crippen LogP contribution in [0.5, 0.6) is 0 Å². The molecular weight excluding hydrogens is 254 g/mol. The summed E-state index contributed by atoms with van der Waals surface area (Å²) in [7, 11) is 1.21. The van der Waals surface area contributed by atoms with E-state index >= 15 is 0 Å². The maximum Gasteiger partial charge on any atom is 0.339 e. The fourth-order valence-corrected chi connectivity index (χ4v) is 1.36. The Hall–Kier alpha value is -2.00. The van der Waals surface area contributed by atoms with Crippen LogP contribution in [0.4, 0.5) is 5.69 Å². The maximum absolute atomic E-state index is 11.5. The summed E-state index contributed by atoms with van der Waals surface area (Å²) in [6.07, 6.45) is 0.570. The van der Waals surface area contributed by atoms with Crippen LogP contribution in [0.25, 0.3) is 0 Å². The van der Waals surface area contributed by atoms with Gasteiger partial charge < -0.3 is 4.74 Å². The molecule has 0 fully saturated rings. The Kier molecular flexibility index (Phi) is 5.21. The number of non-ortho nitro benzene ring substituents is 1. The van der Waals surface area contributed by atoms with E-state index in [0.29, 0.717) is 17.7 Å². The van der Waals surface area contributed by atoms with Gasteiger partial charge in [0.05, 0.1) is 17.6 Å². The van der Waals surface area contributed by atoms with Crippen molar-refractivity contribution in [3.63, 3.8) is 0 Å². The normalized spacial score (nSPS) is 9.22. The molecule has 0 amide bonds. The third kappa shape index (κ3) is 3.50. The summed E-state index contributed by atoms with van der Waals surface area (Å²) in [6, 6.07) is 3.91. The molecule has 94 valence electrons. The number of hydrogen-bond acceptors (Lipinski definition) is 5. The molecule has 0 saturated heterocycles. The van der Waals surface area contributed by atoms with E-state index in [1.807, 2.05) is 0 Å². The van der Waals surface area contributed by atoms with Crippen LogP contribution in [0.2, 0.25) is 0 Å². The second-order valence-electron chi connectivity index (χ2n) is 3.25. The second kappa shape index (κ2) is 6.67. The minimum atomic E-state index is -0.645. The van der Waals surface area contributed by atoms with Crippen molar-refractivity contribution in [3.8, 4) is 11.8 Å². The number of ether oxygens (including phenoxy) is 1. The number of carbonyl (C=O) groups excluding carboxylic acids is 1. The molecule has 1 aromatic carbocycles. The predicted octanol–water partition coefficient (Wildman–Crippen LogP) is 2.05. The standard InChI is InChI=1S/C12H11NO4S/c1-17-12(14)11-8-10(13(15)16)6-5-9(11)4-2-3-7-18/h5-6,8,18H,3,7H2,1H3. The van der Waals surface area contributed by atoms with Crippen LogP contribution < -0.4 is 0 Å². The molecule has 18 heavy (non-hydrogen) atoms. The van der Waals surface area contributed by atoms with Gasteiger partial charge in [0.15, 0.2) is 0 Å². The Labute approximate surface area is 110 Å². The lowest BCUT2D eigenvalue weighted by molar-refractivity contribution is -0.384. The van der Waals surface area contributed by atoms with Crippen molar-refractivity contribution < 1.29 is 14.5 Å². The number of carbonyl (C=O) groups is 1. The molecule has 5 nitrogen and oxygen atoms in total. The first kappa shape index (κ1) is 14.1. The largest absolute Gasteiger partial charge is 0.465 e. The molecule has 1 aromatic rings. The third-order valence-corrected chi connectivity index (χ3v) is 2.30. The highest BCUT2D eigenvalue weighted by molar-refractivity contribution is 7.80. The summed E-state index contributed by atoms with van der Waals surface area (Å²) in [5.41, 5.74) is 0.336. The summed E-state index contributed by atoms with van der Waals surface area (Å²) in [5.74, 6) is 5.55. The summed E-state index contributed by atoms with van der Waals surface area (Å²) in [4.78, 5) is 21.6. The van der Waals surface area contributed by atoms with Crippen molar-refractivity contribution in [2.75, 3.05) is 12.9 Å². The number of nitro benzene ring substituents is 1. The molecule has 0 N–H and O–H groups in total. The van der Waals surface area contributed by atoms with E-state index in [4.69, 9.17) is 0 Å². The van der Waals surface area contributed by atoms with Gasteiger partial charge in [-0.3, -0.25) is 10.1 Å². The van der Waals surface area contributed by atoms with Crippen molar-refractivity contribution >= 4 is 24.3 Å². The molecule has 0 atom stereocenters. The van der Waals surface area contributed by atoms with E-state index < -0.39 is 10.9 Å². The van der Waals surface area contributed by atoms with Crippen LogP contribution in [-0.2, 0) is 4.74 Å². The van der Waals surface area contributed by atoms with Gasteiger partial charge in [0.25, 0.3) is 5.69 Å². The highest BCUT2D eigenvalue weighted by Crippen LogP contribution is 2.18. The van der Waals surface area contributed by atoms with Crippen molar-refractivity contribution in [1.29, 1.82) is 0 Å². The van der Waals surface area contributed by atoms with Crippen LogP contribution >= 0.6 is 12.6 Å². The molecule has 0 aliphatic carbocycles. The van der Waals surface area contributed by atoms with Gasteiger partial charge in [0.1, 0.15) is 0 Å². The topological polar surface area (TPSA) is 69.4 Å². The zero-order valence-electron chi connectivity index (χ0n) is 9.67. The summed E-state index contributed by atoms with van der Waals surface area (Å²) >= 11 is 4.01. The van der Waals surface area contributed by atoms with E-state index in [1.54, 1.807) is 0 Å². The smallest absolute Gasteiger partial charge is 0.339 e. The van der Waals surface area contributed by atoms with Gasteiger partial charge in [-0.2, -0.15) is 12.6 Å². The zero-order chi connectivity index (χ0) is 13.5. The Morgan fingerprint density at radius 3 is 2.83 bits per heavy atom. The fourth-order valence-electron chi connectivity index (χ4n) is 1.25. The molecule has 0 heterocycles. The first-order chi connectivity index (χ1) is 8.60. The number of nitrogens with zero attached hydrogens (tertiary/aromatic N) is 1. The summed E-state index contributed by atoms with van der Waals surface area (Å²) in [5, 5.41) is 10.6. The molecule has 1 rings (SSSR count). The molecule has 0 aromatic heterocycles. The molecule has 0 bridgehead atoms. The Balaban J connectivity index is 3.22. The fraction of sp³-hybridized carbons (Fsp3) is 0.250. The third-order valence-electron chi connectivity index (χ3n) is 2.08. The van der Waals surface area contributed by atoms with Crippen LogP contribution in [0, 0.1) is 22.0 Å². The molecule has 0 spiro atoms. The molecule has 0 aliphatic rings. The lowest BCUT2D eigenvalue weighted by Gasteiger charge is -2.02. The van der Waals surface area contributed by atoms with E-state index in [9.17, 15) is 14.9 Å². The number of hydrogen-bond donors (Lipinski definition) is 1. The van der Waals surface area contributed by atoms with Gasteiger partial charge in [0.2, 0.25) is 0 Å². The van der Waals surface area contributed by atoms with Crippen LogP contribution in [0.15, 0.2) is 18.2 Å². The molecule has 0 aliphatic heterocycles. The average Bonchev–Trinajstić information content (AvgIpc) is 2.38. The van der Waals surface area contributed by atoms with Crippen molar-refractivity contribution in [1.82, 2.24) is 0 Å². The van der Waals surface area contributed by atoms with Gasteiger partial charge in [0, 0.05) is 29.9 Å². The Bertz CT molecular complexity index is 531. The lowest BCUT2D eigenvalue weighted by atomic mass is 10.1. The highest BCUT2D eigenvalue weighted by atomic mass is 32.1. The van der Waals surface area contributed by atoms with E-state index in [2.05, 4.69) is 29.2 Å². The SMILES string of the molecule is COC(=O)c1cc([N+](=O)[O-])ccc1C#CCCS. The van der Waals surface area contributed by atoms with Crippen LogP contribution in [0.3, 0.4) is 0 Å². The number of methoxy groups -OCH3 is 1. The second-order valence-corrected chi connectivity index (χ2v) is 3.70. The quantitative estimate of drug-likeness (QED) is 0.298. The van der Waals surface area contributed by atoms with Crippen molar-refractivity contribution in [2.45, 2.75) is 6.42 Å². The van der Waals surface area contributed by atoms with Crippen molar-refractivity contribution in [2.24, 2.45) is 0 Å². The number of nitro groups is 1. The Morgan fingerprint density at radius 2 is 2.28 bits per heavy atom. The number of benzene rings is 1. The number of thiol groups is 1. The first-order valence-corrected chi connectivity index (χ1v) is 5.70. The lowest BCUT2D eigenvalue weighted by Crippen LogP contribution is -2.05. The minimum absolute atomic E-state index is 0.0957. The van der Waals surface area contributed by atoms with Crippen LogP contribution in [-0.4, -0.2) is 23.8 Å². The molecule has 0 unspecified atom stereocenters. The van der Waals surface area contributed by atoms with Crippen LogP contribution in [0.1, 0.15) is 22.3 Å². The number of esters is 1. The van der Waals surface area contributed by atoms with E-state index in [0.717, 1.165) is 6.07 Å². The number of rotatable bonds is 3. The van der Waals surface area contributed by atoms with E-state index in [1.165, 1.54) is 19.2 Å². The maximum atomic E-state index is 11.5. The summed E-state index contributed by atoms with van der Waals surface area (Å²) in [6.45, 7) is 0. The minimum Gasteiger partial charge on any atom is -0.465 e. The zero-order valence-corrected chi connectivity index (χ0v) is 10.6. The van der Waals surface area contributed by atoms with Gasteiger partial charge in [-0.15, -0.1) is 0 Å². The molecular formula is C12H11NO4S. The monoisotopic (exact) mass is 265 g/mol. The molecule has 0 saturated carbocycles. The first-order valence-electron chi connectivity index (χ1n) is 5.06. The van der Waals surface area contributed by atoms with E-state index in [-0.39, 0.29) is 11.3 Å². The predicted molar refractivity (Wildman–Crippen MR) is 69.8 cm³/mol. The van der Waals surface area contributed by atoms with Crippen molar-refractivity contribution in [3.05, 3.63) is 39.4 Å². The highest BCUT2D eigenvalue weighted by Gasteiger charge is 2.16. The Morgan fingerprint density at radius 1 is 1.56 bits per heavy atom.